The van der Waals surface area contributed by atoms with Gasteiger partial charge in [0, 0.05) is 5.56 Å². The van der Waals surface area contributed by atoms with Gasteiger partial charge in [0.1, 0.15) is 18.1 Å². The predicted molar refractivity (Wildman–Crippen MR) is 82.0 cm³/mol. The molecule has 4 nitrogen and oxygen atoms in total. The molecule has 21 heavy (non-hydrogen) atoms. The molecule has 2 aromatic carbocycles. The number of hydrogen-bond donors (Lipinski definition) is 1. The minimum Gasteiger partial charge on any atom is -0.497 e. The maximum atomic E-state index is 11.9. The van der Waals surface area contributed by atoms with Gasteiger partial charge in [0.2, 0.25) is 0 Å². The van der Waals surface area contributed by atoms with Crippen LogP contribution in [0.3, 0.4) is 0 Å². The Morgan fingerprint density at radius 2 is 1.81 bits per heavy atom. The minimum atomic E-state index is -0.119. The van der Waals surface area contributed by atoms with E-state index in [2.05, 4.69) is 5.32 Å². The molecular formula is C17H19NO3. The van der Waals surface area contributed by atoms with Crippen LogP contribution in [-0.4, -0.2) is 26.2 Å². The zero-order valence-electron chi connectivity index (χ0n) is 12.3. The van der Waals surface area contributed by atoms with E-state index in [1.807, 2.05) is 31.2 Å². The van der Waals surface area contributed by atoms with E-state index < -0.39 is 0 Å². The lowest BCUT2D eigenvalue weighted by Gasteiger charge is -2.10. The number of carbonyl (C=O) groups is 1. The largest absolute Gasteiger partial charge is 0.497 e. The molecule has 0 aromatic heterocycles. The van der Waals surface area contributed by atoms with Crippen LogP contribution >= 0.6 is 0 Å². The van der Waals surface area contributed by atoms with Crippen LogP contribution in [0.5, 0.6) is 11.5 Å². The fourth-order valence-electron chi connectivity index (χ4n) is 1.89. The summed E-state index contributed by atoms with van der Waals surface area (Å²) in [5.74, 6) is 1.46. The number of ether oxygens (including phenoxy) is 2. The van der Waals surface area contributed by atoms with E-state index in [1.54, 1.807) is 31.4 Å². The number of aryl methyl sites for hydroxylation is 1. The number of carbonyl (C=O) groups excluding carboxylic acids is 1. The standard InChI is InChI=1S/C17H19NO3/c1-13-5-3-4-6-16(13)21-12-11-18-17(19)14-7-9-15(20-2)10-8-14/h3-10H,11-12H2,1-2H3,(H,18,19). The van der Waals surface area contributed by atoms with Gasteiger partial charge >= 0.3 is 0 Å². The van der Waals surface area contributed by atoms with Crippen LogP contribution in [-0.2, 0) is 0 Å². The first-order valence-corrected chi connectivity index (χ1v) is 6.81. The quantitative estimate of drug-likeness (QED) is 0.830. The zero-order chi connectivity index (χ0) is 15.1. The van der Waals surface area contributed by atoms with Crippen molar-refractivity contribution in [2.75, 3.05) is 20.3 Å². The number of methoxy groups -OCH3 is 1. The molecule has 4 heteroatoms. The van der Waals surface area contributed by atoms with Gasteiger partial charge in [-0.1, -0.05) is 18.2 Å². The smallest absolute Gasteiger partial charge is 0.251 e. The molecule has 0 spiro atoms. The van der Waals surface area contributed by atoms with Gasteiger partial charge in [0.05, 0.1) is 13.7 Å². The molecule has 0 bridgehead atoms. The molecule has 1 N–H and O–H groups in total. The maximum Gasteiger partial charge on any atom is 0.251 e. The highest BCUT2D eigenvalue weighted by atomic mass is 16.5. The molecule has 1 amide bonds. The van der Waals surface area contributed by atoms with Gasteiger partial charge in [-0.3, -0.25) is 4.79 Å². The molecule has 0 aliphatic carbocycles. The summed E-state index contributed by atoms with van der Waals surface area (Å²) in [5.41, 5.74) is 1.69. The van der Waals surface area contributed by atoms with Crippen molar-refractivity contribution in [1.29, 1.82) is 0 Å². The second-order valence-electron chi connectivity index (χ2n) is 4.60. The lowest BCUT2D eigenvalue weighted by atomic mass is 10.2. The van der Waals surface area contributed by atoms with Crippen molar-refractivity contribution in [3.8, 4) is 11.5 Å². The van der Waals surface area contributed by atoms with Crippen LogP contribution in [0.15, 0.2) is 48.5 Å². The number of hydrogen-bond acceptors (Lipinski definition) is 3. The number of nitrogens with one attached hydrogen (secondary N) is 1. The molecule has 0 atom stereocenters. The van der Waals surface area contributed by atoms with Crippen LogP contribution in [0.4, 0.5) is 0 Å². The first-order chi connectivity index (χ1) is 10.2. The minimum absolute atomic E-state index is 0.119. The van der Waals surface area contributed by atoms with Gasteiger partial charge < -0.3 is 14.8 Å². The van der Waals surface area contributed by atoms with Crippen molar-refractivity contribution in [1.82, 2.24) is 5.32 Å². The number of amides is 1. The molecular weight excluding hydrogens is 266 g/mol. The number of para-hydroxylation sites is 1. The van der Waals surface area contributed by atoms with E-state index in [0.717, 1.165) is 17.1 Å². The third-order valence-corrected chi connectivity index (χ3v) is 3.09. The van der Waals surface area contributed by atoms with E-state index >= 15 is 0 Å². The van der Waals surface area contributed by atoms with Gasteiger partial charge in [-0.2, -0.15) is 0 Å². The second kappa shape index (κ2) is 7.33. The Morgan fingerprint density at radius 1 is 1.10 bits per heavy atom. The van der Waals surface area contributed by atoms with Crippen molar-refractivity contribution in [2.24, 2.45) is 0 Å². The molecule has 0 saturated heterocycles. The van der Waals surface area contributed by atoms with Crippen molar-refractivity contribution >= 4 is 5.91 Å². The van der Waals surface area contributed by atoms with Crippen LogP contribution < -0.4 is 14.8 Å². The highest BCUT2D eigenvalue weighted by Gasteiger charge is 2.05. The highest BCUT2D eigenvalue weighted by molar-refractivity contribution is 5.94. The van der Waals surface area contributed by atoms with E-state index in [-0.39, 0.29) is 5.91 Å². The Morgan fingerprint density at radius 3 is 2.48 bits per heavy atom. The Balaban J connectivity index is 1.77. The van der Waals surface area contributed by atoms with E-state index in [4.69, 9.17) is 9.47 Å². The van der Waals surface area contributed by atoms with Crippen LogP contribution in [0.25, 0.3) is 0 Å². The normalized spacial score (nSPS) is 10.0. The Bertz CT molecular complexity index is 593. The summed E-state index contributed by atoms with van der Waals surface area (Å²) in [6.45, 7) is 2.89. The number of rotatable bonds is 6. The lowest BCUT2D eigenvalue weighted by Crippen LogP contribution is -2.28. The summed E-state index contributed by atoms with van der Waals surface area (Å²) < 4.78 is 10.7. The first-order valence-electron chi connectivity index (χ1n) is 6.81. The zero-order valence-corrected chi connectivity index (χ0v) is 12.3. The van der Waals surface area contributed by atoms with Crippen LogP contribution in [0, 0.1) is 6.92 Å². The van der Waals surface area contributed by atoms with Gasteiger partial charge in [-0.05, 0) is 42.8 Å². The topological polar surface area (TPSA) is 47.6 Å². The van der Waals surface area contributed by atoms with Crippen molar-refractivity contribution in [3.63, 3.8) is 0 Å². The summed E-state index contributed by atoms with van der Waals surface area (Å²) in [6.07, 6.45) is 0. The molecule has 0 unspecified atom stereocenters. The third kappa shape index (κ3) is 4.24. The fourth-order valence-corrected chi connectivity index (χ4v) is 1.89. The fraction of sp³-hybridized carbons (Fsp3) is 0.235. The molecule has 2 aromatic rings. The summed E-state index contributed by atoms with van der Waals surface area (Å²) >= 11 is 0. The molecule has 0 saturated carbocycles. The average Bonchev–Trinajstić information content (AvgIpc) is 2.53. The molecule has 2 rings (SSSR count). The SMILES string of the molecule is COc1ccc(C(=O)NCCOc2ccccc2C)cc1. The first kappa shape index (κ1) is 14.9. The second-order valence-corrected chi connectivity index (χ2v) is 4.60. The molecule has 0 heterocycles. The summed E-state index contributed by atoms with van der Waals surface area (Å²) in [5, 5.41) is 2.82. The Kier molecular flexibility index (Phi) is 5.21. The van der Waals surface area contributed by atoms with Gasteiger partial charge in [-0.15, -0.1) is 0 Å². The van der Waals surface area contributed by atoms with Crippen molar-refractivity contribution in [3.05, 3.63) is 59.7 Å². The molecule has 0 aliphatic heterocycles. The average molecular weight is 285 g/mol. The van der Waals surface area contributed by atoms with E-state index in [0.29, 0.717) is 18.7 Å². The van der Waals surface area contributed by atoms with Crippen LogP contribution in [0.2, 0.25) is 0 Å². The Hall–Kier alpha value is -2.49. The molecule has 110 valence electrons. The van der Waals surface area contributed by atoms with E-state index in [9.17, 15) is 4.79 Å². The molecule has 0 fully saturated rings. The molecule has 0 aliphatic rings. The summed E-state index contributed by atoms with van der Waals surface area (Å²) in [7, 11) is 1.60. The van der Waals surface area contributed by atoms with Gasteiger partial charge in [-0.25, -0.2) is 0 Å². The maximum absolute atomic E-state index is 11.9. The van der Waals surface area contributed by atoms with Crippen molar-refractivity contribution < 1.29 is 14.3 Å². The lowest BCUT2D eigenvalue weighted by molar-refractivity contribution is 0.0947. The van der Waals surface area contributed by atoms with Gasteiger partial charge in [0.25, 0.3) is 5.91 Å². The van der Waals surface area contributed by atoms with Gasteiger partial charge in [0.15, 0.2) is 0 Å². The van der Waals surface area contributed by atoms with Crippen LogP contribution in [0.1, 0.15) is 15.9 Å². The number of benzene rings is 2. The van der Waals surface area contributed by atoms with E-state index in [1.165, 1.54) is 0 Å². The predicted octanol–water partition coefficient (Wildman–Crippen LogP) is 2.81. The molecule has 0 radical (unpaired) electrons. The summed E-state index contributed by atoms with van der Waals surface area (Å²) in [6, 6.07) is 14.8. The monoisotopic (exact) mass is 285 g/mol. The van der Waals surface area contributed by atoms with Crippen molar-refractivity contribution in [2.45, 2.75) is 6.92 Å². The third-order valence-electron chi connectivity index (χ3n) is 3.09. The summed E-state index contributed by atoms with van der Waals surface area (Å²) in [4.78, 5) is 11.9. The highest BCUT2D eigenvalue weighted by Crippen LogP contribution is 2.15. The Labute approximate surface area is 124 Å².